The smallest absolute Gasteiger partial charge is 0.350 e. The van der Waals surface area contributed by atoms with Crippen LogP contribution in [0.2, 0.25) is 0 Å². The number of ether oxygens (including phenoxy) is 1. The number of hydrogen-bond donors (Lipinski definition) is 2. The maximum atomic E-state index is 11.9. The van der Waals surface area contributed by atoms with Crippen LogP contribution in [0.15, 0.2) is 20.9 Å². The largest absolute Gasteiger partial charge is 0.462 e. The second-order valence-electron chi connectivity index (χ2n) is 5.18. The number of aromatic nitrogens is 1. The van der Waals surface area contributed by atoms with E-state index in [1.165, 1.54) is 16.2 Å². The number of nitrogens with zero attached hydrogens (tertiary/aromatic N) is 2. The SMILES string of the molecule is CCOC(=O)c1sc(C(C)NC(=NC)NCc2ccc(Br)s2)nc1C.I. The van der Waals surface area contributed by atoms with Gasteiger partial charge in [-0.2, -0.15) is 0 Å². The summed E-state index contributed by atoms with van der Waals surface area (Å²) in [5.41, 5.74) is 0.693. The van der Waals surface area contributed by atoms with Gasteiger partial charge in [-0.1, -0.05) is 0 Å². The van der Waals surface area contributed by atoms with E-state index in [1.807, 2.05) is 19.9 Å². The first-order valence-electron chi connectivity index (χ1n) is 7.80. The number of carbonyl (C=O) groups is 1. The van der Waals surface area contributed by atoms with E-state index in [1.54, 1.807) is 25.3 Å². The first-order chi connectivity index (χ1) is 11.9. The first-order valence-corrected chi connectivity index (χ1v) is 10.2. The molecular formula is C16H22BrIN4O2S2. The maximum absolute atomic E-state index is 11.9. The summed E-state index contributed by atoms with van der Waals surface area (Å²) in [5, 5.41) is 7.40. The Balaban J connectivity index is 0.00000338. The average Bonchev–Trinajstić information content (AvgIpc) is 3.17. The fourth-order valence-corrected chi connectivity index (χ4v) is 4.45. The van der Waals surface area contributed by atoms with Crippen LogP contribution in [0.25, 0.3) is 0 Å². The Bertz CT molecular complexity index is 763. The number of thiazole rings is 1. The molecule has 0 aromatic carbocycles. The normalized spacial score (nSPS) is 12.3. The van der Waals surface area contributed by atoms with Crippen LogP contribution in [0, 0.1) is 6.92 Å². The van der Waals surface area contributed by atoms with Crippen LogP contribution in [0.3, 0.4) is 0 Å². The van der Waals surface area contributed by atoms with Crippen molar-refractivity contribution in [1.29, 1.82) is 0 Å². The van der Waals surface area contributed by atoms with Crippen LogP contribution in [0.4, 0.5) is 0 Å². The molecule has 1 atom stereocenters. The molecule has 0 aliphatic carbocycles. The molecule has 2 aromatic heterocycles. The van der Waals surface area contributed by atoms with Crippen molar-refractivity contribution >= 4 is 74.5 Å². The second kappa shape index (κ2) is 11.2. The number of thiophene rings is 1. The molecule has 6 nitrogen and oxygen atoms in total. The molecule has 0 saturated carbocycles. The lowest BCUT2D eigenvalue weighted by atomic mass is 10.3. The van der Waals surface area contributed by atoms with Gasteiger partial charge in [-0.3, -0.25) is 4.99 Å². The zero-order valence-electron chi connectivity index (χ0n) is 15.0. The Morgan fingerprint density at radius 2 is 2.15 bits per heavy atom. The van der Waals surface area contributed by atoms with Gasteiger partial charge in [-0.15, -0.1) is 46.7 Å². The van der Waals surface area contributed by atoms with Crippen molar-refractivity contribution in [3.8, 4) is 0 Å². The van der Waals surface area contributed by atoms with E-state index in [0.29, 0.717) is 29.7 Å². The Labute approximate surface area is 187 Å². The van der Waals surface area contributed by atoms with Gasteiger partial charge in [-0.05, 0) is 48.8 Å². The highest BCUT2D eigenvalue weighted by Gasteiger charge is 2.20. The summed E-state index contributed by atoms with van der Waals surface area (Å²) in [7, 11) is 1.73. The van der Waals surface area contributed by atoms with Crippen molar-refractivity contribution in [3.63, 3.8) is 0 Å². The van der Waals surface area contributed by atoms with Gasteiger partial charge in [0.15, 0.2) is 5.96 Å². The fourth-order valence-electron chi connectivity index (χ4n) is 2.07. The third-order valence-electron chi connectivity index (χ3n) is 3.28. The van der Waals surface area contributed by atoms with Crippen molar-refractivity contribution in [2.45, 2.75) is 33.4 Å². The summed E-state index contributed by atoms with van der Waals surface area (Å²) in [4.78, 5) is 22.4. The molecule has 26 heavy (non-hydrogen) atoms. The monoisotopic (exact) mass is 572 g/mol. The maximum Gasteiger partial charge on any atom is 0.350 e. The van der Waals surface area contributed by atoms with Gasteiger partial charge in [0.05, 0.1) is 28.7 Å². The van der Waals surface area contributed by atoms with Gasteiger partial charge >= 0.3 is 5.97 Å². The number of rotatable bonds is 6. The van der Waals surface area contributed by atoms with E-state index in [-0.39, 0.29) is 36.0 Å². The van der Waals surface area contributed by atoms with Gasteiger partial charge in [0, 0.05) is 11.9 Å². The number of nitrogens with one attached hydrogen (secondary N) is 2. The summed E-state index contributed by atoms with van der Waals surface area (Å²) in [5.74, 6) is 0.365. The van der Waals surface area contributed by atoms with Gasteiger partial charge in [-0.25, -0.2) is 9.78 Å². The lowest BCUT2D eigenvalue weighted by Gasteiger charge is -2.15. The number of guanidine groups is 1. The minimum atomic E-state index is -0.318. The lowest BCUT2D eigenvalue weighted by Crippen LogP contribution is -2.38. The van der Waals surface area contributed by atoms with Crippen molar-refractivity contribution < 1.29 is 9.53 Å². The molecule has 144 valence electrons. The van der Waals surface area contributed by atoms with Crippen LogP contribution in [-0.2, 0) is 11.3 Å². The zero-order valence-corrected chi connectivity index (χ0v) is 20.5. The number of hydrogen-bond acceptors (Lipinski definition) is 6. The molecule has 2 heterocycles. The molecule has 0 aliphatic heterocycles. The molecule has 0 radical (unpaired) electrons. The summed E-state index contributed by atoms with van der Waals surface area (Å²) in [6.07, 6.45) is 0. The van der Waals surface area contributed by atoms with E-state index >= 15 is 0 Å². The minimum absolute atomic E-state index is 0. The van der Waals surface area contributed by atoms with Crippen LogP contribution >= 0.6 is 62.6 Å². The van der Waals surface area contributed by atoms with Crippen LogP contribution in [0.1, 0.15) is 45.1 Å². The molecule has 2 N–H and O–H groups in total. The van der Waals surface area contributed by atoms with Crippen molar-refractivity contribution in [2.24, 2.45) is 4.99 Å². The molecule has 2 aromatic rings. The number of carbonyl (C=O) groups excluding carboxylic acids is 1. The number of esters is 1. The van der Waals surface area contributed by atoms with Gasteiger partial charge in [0.1, 0.15) is 9.88 Å². The summed E-state index contributed by atoms with van der Waals surface area (Å²) in [6, 6.07) is 4.01. The molecular weight excluding hydrogens is 551 g/mol. The quantitative estimate of drug-likeness (QED) is 0.231. The third kappa shape index (κ3) is 6.46. The fraction of sp³-hybridized carbons (Fsp3) is 0.438. The highest BCUT2D eigenvalue weighted by atomic mass is 127. The van der Waals surface area contributed by atoms with E-state index in [9.17, 15) is 4.79 Å². The van der Waals surface area contributed by atoms with E-state index < -0.39 is 0 Å². The van der Waals surface area contributed by atoms with Crippen molar-refractivity contribution in [1.82, 2.24) is 15.6 Å². The standard InChI is InChI=1S/C16H21BrN4O2S2.HI/c1-5-23-15(22)13-9(2)20-14(25-13)10(3)21-16(18-4)19-8-11-6-7-12(17)24-11;/h6-7,10H,5,8H2,1-4H3,(H2,18,19,21);1H. The summed E-state index contributed by atoms with van der Waals surface area (Å²) >= 11 is 6.49. The predicted octanol–water partition coefficient (Wildman–Crippen LogP) is 4.50. The molecule has 1 unspecified atom stereocenters. The molecule has 2 rings (SSSR count). The molecule has 0 spiro atoms. The number of aryl methyl sites for hydroxylation is 1. The molecule has 0 bridgehead atoms. The number of aliphatic imine (C=N–C) groups is 1. The van der Waals surface area contributed by atoms with E-state index in [0.717, 1.165) is 8.79 Å². The van der Waals surface area contributed by atoms with E-state index in [2.05, 4.69) is 42.6 Å². The zero-order chi connectivity index (χ0) is 18.4. The minimum Gasteiger partial charge on any atom is -0.462 e. The van der Waals surface area contributed by atoms with Crippen molar-refractivity contribution in [2.75, 3.05) is 13.7 Å². The van der Waals surface area contributed by atoms with Crippen LogP contribution in [-0.4, -0.2) is 30.6 Å². The summed E-state index contributed by atoms with van der Waals surface area (Å²) < 4.78 is 6.17. The van der Waals surface area contributed by atoms with E-state index in [4.69, 9.17) is 4.74 Å². The molecule has 0 fully saturated rings. The Morgan fingerprint density at radius 3 is 2.73 bits per heavy atom. The number of halogens is 2. The Morgan fingerprint density at radius 1 is 1.42 bits per heavy atom. The van der Waals surface area contributed by atoms with Gasteiger partial charge < -0.3 is 15.4 Å². The Hall–Kier alpha value is -0.720. The average molecular weight is 573 g/mol. The molecule has 0 amide bonds. The predicted molar refractivity (Wildman–Crippen MR) is 122 cm³/mol. The highest BCUT2D eigenvalue weighted by molar-refractivity contribution is 14.0. The van der Waals surface area contributed by atoms with Crippen LogP contribution in [0.5, 0.6) is 0 Å². The van der Waals surface area contributed by atoms with Crippen molar-refractivity contribution in [3.05, 3.63) is 36.4 Å². The van der Waals surface area contributed by atoms with Crippen LogP contribution < -0.4 is 10.6 Å². The molecule has 10 heteroatoms. The topological polar surface area (TPSA) is 75.6 Å². The summed E-state index contributed by atoms with van der Waals surface area (Å²) in [6.45, 7) is 6.64. The first kappa shape index (κ1) is 23.3. The van der Waals surface area contributed by atoms with Gasteiger partial charge in [0.2, 0.25) is 0 Å². The Kier molecular flexibility index (Phi) is 10.0. The lowest BCUT2D eigenvalue weighted by molar-refractivity contribution is 0.0531. The third-order valence-corrected chi connectivity index (χ3v) is 6.22. The van der Waals surface area contributed by atoms with Gasteiger partial charge in [0.25, 0.3) is 0 Å². The molecule has 0 saturated heterocycles. The highest BCUT2D eigenvalue weighted by Crippen LogP contribution is 2.24. The second-order valence-corrected chi connectivity index (χ2v) is 8.76. The molecule has 0 aliphatic rings.